The zero-order valence-electron chi connectivity index (χ0n) is 16.9. The van der Waals surface area contributed by atoms with E-state index in [0.717, 1.165) is 17.7 Å². The van der Waals surface area contributed by atoms with E-state index in [9.17, 15) is 14.7 Å². The van der Waals surface area contributed by atoms with E-state index in [1.165, 1.54) is 0 Å². The quantitative estimate of drug-likeness (QED) is 0.605. The van der Waals surface area contributed by atoms with Crippen LogP contribution < -0.4 is 10.2 Å². The van der Waals surface area contributed by atoms with Gasteiger partial charge in [0.05, 0.1) is 6.61 Å². The first kappa shape index (κ1) is 22.8. The standard InChI is InChI=1S/C20H32N2O5/c1-20(2,3)27-19(25)21-17(18(23)24)8-6-7-13-26-14-15-9-11-16(12-10-15)22(4)5/h9-12,17H,6-8,13-14H2,1-5H3,(H,21,25)(H,23,24)/t17-/m0/s1. The molecule has 0 saturated heterocycles. The third-order valence-corrected chi connectivity index (χ3v) is 3.74. The van der Waals surface area contributed by atoms with Crippen molar-refractivity contribution < 1.29 is 24.2 Å². The Morgan fingerprint density at radius 3 is 2.30 bits per heavy atom. The number of hydrogen-bond donors (Lipinski definition) is 2. The van der Waals surface area contributed by atoms with Crippen LogP contribution in [0.5, 0.6) is 0 Å². The van der Waals surface area contributed by atoms with Gasteiger partial charge >= 0.3 is 12.1 Å². The molecule has 0 fully saturated rings. The number of unbranched alkanes of at least 4 members (excludes halogenated alkanes) is 1. The average Bonchev–Trinajstić information content (AvgIpc) is 2.55. The predicted molar refractivity (Wildman–Crippen MR) is 105 cm³/mol. The van der Waals surface area contributed by atoms with Crippen molar-refractivity contribution in [2.75, 3.05) is 25.6 Å². The predicted octanol–water partition coefficient (Wildman–Crippen LogP) is 3.42. The molecule has 0 saturated carbocycles. The summed E-state index contributed by atoms with van der Waals surface area (Å²) in [6.07, 6.45) is 0.962. The zero-order chi connectivity index (χ0) is 20.4. The molecule has 1 rings (SSSR count). The maximum absolute atomic E-state index is 11.7. The summed E-state index contributed by atoms with van der Waals surface area (Å²) < 4.78 is 10.7. The lowest BCUT2D eigenvalue weighted by atomic mass is 10.1. The van der Waals surface area contributed by atoms with Crippen LogP contribution in [0.15, 0.2) is 24.3 Å². The van der Waals surface area contributed by atoms with Crippen LogP contribution in [0.3, 0.4) is 0 Å². The number of nitrogens with zero attached hydrogens (tertiary/aromatic N) is 1. The van der Waals surface area contributed by atoms with E-state index < -0.39 is 23.7 Å². The zero-order valence-corrected chi connectivity index (χ0v) is 16.9. The first-order chi connectivity index (χ1) is 12.6. The minimum absolute atomic E-state index is 0.329. The van der Waals surface area contributed by atoms with E-state index in [1.54, 1.807) is 20.8 Å². The molecule has 0 aliphatic rings. The van der Waals surface area contributed by atoms with Crippen molar-refractivity contribution in [3.8, 4) is 0 Å². The van der Waals surface area contributed by atoms with Gasteiger partial charge in [0.1, 0.15) is 11.6 Å². The van der Waals surface area contributed by atoms with Crippen molar-refractivity contribution in [3.63, 3.8) is 0 Å². The normalized spacial score (nSPS) is 12.3. The number of alkyl carbamates (subject to hydrolysis) is 1. The van der Waals surface area contributed by atoms with Crippen LogP contribution in [0.1, 0.15) is 45.6 Å². The number of amides is 1. The second-order valence-electron chi connectivity index (χ2n) is 7.65. The average molecular weight is 380 g/mol. The number of carboxylic acid groups (broad SMARTS) is 1. The summed E-state index contributed by atoms with van der Waals surface area (Å²) in [5.41, 5.74) is 1.57. The molecule has 0 aliphatic heterocycles. The molecule has 1 aromatic rings. The van der Waals surface area contributed by atoms with Gasteiger partial charge in [-0.1, -0.05) is 12.1 Å². The first-order valence-electron chi connectivity index (χ1n) is 9.15. The smallest absolute Gasteiger partial charge is 0.408 e. The van der Waals surface area contributed by atoms with Gasteiger partial charge in [-0.05, 0) is 57.7 Å². The molecule has 0 aromatic heterocycles. The number of carboxylic acids is 1. The molecule has 7 nitrogen and oxygen atoms in total. The van der Waals surface area contributed by atoms with Crippen molar-refractivity contribution in [1.82, 2.24) is 5.32 Å². The fourth-order valence-corrected chi connectivity index (χ4v) is 2.34. The van der Waals surface area contributed by atoms with Gasteiger partial charge in [-0.15, -0.1) is 0 Å². The van der Waals surface area contributed by atoms with Crippen LogP contribution in [0.2, 0.25) is 0 Å². The number of benzene rings is 1. The van der Waals surface area contributed by atoms with E-state index in [2.05, 4.69) is 5.32 Å². The molecule has 152 valence electrons. The minimum Gasteiger partial charge on any atom is -0.480 e. The monoisotopic (exact) mass is 380 g/mol. The summed E-state index contributed by atoms with van der Waals surface area (Å²) in [6.45, 7) is 6.25. The topological polar surface area (TPSA) is 88.1 Å². The Labute approximate surface area is 161 Å². The van der Waals surface area contributed by atoms with Crippen molar-refractivity contribution in [2.24, 2.45) is 0 Å². The Kier molecular flexibility index (Phi) is 9.08. The lowest BCUT2D eigenvalue weighted by molar-refractivity contribution is -0.139. The van der Waals surface area contributed by atoms with Gasteiger partial charge in [0, 0.05) is 26.4 Å². The molecular weight excluding hydrogens is 348 g/mol. The highest BCUT2D eigenvalue weighted by molar-refractivity contribution is 5.79. The third kappa shape index (κ3) is 9.84. The molecule has 0 radical (unpaired) electrons. The van der Waals surface area contributed by atoms with Crippen molar-refractivity contribution in [3.05, 3.63) is 29.8 Å². The summed E-state index contributed by atoms with van der Waals surface area (Å²) >= 11 is 0. The number of rotatable bonds is 10. The van der Waals surface area contributed by atoms with Gasteiger partial charge in [-0.25, -0.2) is 9.59 Å². The van der Waals surface area contributed by atoms with Crippen LogP contribution in [-0.4, -0.2) is 49.5 Å². The third-order valence-electron chi connectivity index (χ3n) is 3.74. The van der Waals surface area contributed by atoms with Gasteiger partial charge in [-0.2, -0.15) is 0 Å². The van der Waals surface area contributed by atoms with Gasteiger partial charge in [0.25, 0.3) is 0 Å². The van der Waals surface area contributed by atoms with E-state index in [-0.39, 0.29) is 0 Å². The van der Waals surface area contributed by atoms with Gasteiger partial charge in [0.2, 0.25) is 0 Å². The van der Waals surface area contributed by atoms with Crippen LogP contribution in [0.4, 0.5) is 10.5 Å². The summed E-state index contributed by atoms with van der Waals surface area (Å²) in [7, 11) is 3.99. The number of aliphatic carboxylic acids is 1. The van der Waals surface area contributed by atoms with Crippen LogP contribution in [-0.2, 0) is 20.9 Å². The summed E-state index contributed by atoms with van der Waals surface area (Å²) in [5.74, 6) is -1.07. The SMILES string of the molecule is CN(C)c1ccc(COCCCC[C@H](NC(=O)OC(C)(C)C)C(=O)O)cc1. The molecule has 0 heterocycles. The summed E-state index contributed by atoms with van der Waals surface area (Å²) in [4.78, 5) is 25.0. The lowest BCUT2D eigenvalue weighted by Crippen LogP contribution is -2.43. The Hall–Kier alpha value is -2.28. The molecule has 7 heteroatoms. The van der Waals surface area contributed by atoms with Crippen LogP contribution in [0, 0.1) is 0 Å². The lowest BCUT2D eigenvalue weighted by Gasteiger charge is -2.22. The van der Waals surface area contributed by atoms with E-state index in [0.29, 0.717) is 26.1 Å². The van der Waals surface area contributed by atoms with E-state index in [4.69, 9.17) is 9.47 Å². The molecule has 1 atom stereocenters. The maximum Gasteiger partial charge on any atom is 0.408 e. The Morgan fingerprint density at radius 2 is 1.78 bits per heavy atom. The first-order valence-corrected chi connectivity index (χ1v) is 9.15. The molecule has 0 aliphatic carbocycles. The van der Waals surface area contributed by atoms with E-state index in [1.807, 2.05) is 43.3 Å². The fourth-order valence-electron chi connectivity index (χ4n) is 2.34. The highest BCUT2D eigenvalue weighted by Gasteiger charge is 2.23. The molecule has 0 spiro atoms. The van der Waals surface area contributed by atoms with Gasteiger partial charge in [0.15, 0.2) is 0 Å². The highest BCUT2D eigenvalue weighted by Crippen LogP contribution is 2.13. The maximum atomic E-state index is 11.7. The Balaban J connectivity index is 2.26. The summed E-state index contributed by atoms with van der Waals surface area (Å²) in [5, 5.41) is 11.6. The molecule has 27 heavy (non-hydrogen) atoms. The largest absolute Gasteiger partial charge is 0.480 e. The van der Waals surface area contributed by atoms with Gasteiger partial charge < -0.3 is 24.8 Å². The molecule has 1 aromatic carbocycles. The minimum atomic E-state index is -1.07. The Bertz CT molecular complexity index is 593. The van der Waals surface area contributed by atoms with Crippen molar-refractivity contribution in [1.29, 1.82) is 0 Å². The number of carbonyl (C=O) groups excluding carboxylic acids is 1. The highest BCUT2D eigenvalue weighted by atomic mass is 16.6. The number of hydrogen-bond acceptors (Lipinski definition) is 5. The van der Waals surface area contributed by atoms with Crippen molar-refractivity contribution >= 4 is 17.7 Å². The number of nitrogens with one attached hydrogen (secondary N) is 1. The van der Waals surface area contributed by atoms with Crippen LogP contribution >= 0.6 is 0 Å². The Morgan fingerprint density at radius 1 is 1.15 bits per heavy atom. The summed E-state index contributed by atoms with van der Waals surface area (Å²) in [6, 6.07) is 7.18. The van der Waals surface area contributed by atoms with Crippen LogP contribution in [0.25, 0.3) is 0 Å². The van der Waals surface area contributed by atoms with Gasteiger partial charge in [-0.3, -0.25) is 0 Å². The van der Waals surface area contributed by atoms with Crippen molar-refractivity contribution in [2.45, 2.75) is 58.3 Å². The molecule has 0 unspecified atom stereocenters. The number of anilines is 1. The van der Waals surface area contributed by atoms with E-state index >= 15 is 0 Å². The molecule has 2 N–H and O–H groups in total. The molecule has 1 amide bonds. The molecular formula is C20H32N2O5. The second kappa shape index (κ2) is 10.8. The second-order valence-corrected chi connectivity index (χ2v) is 7.65. The molecule has 0 bridgehead atoms. The number of ether oxygens (including phenoxy) is 2. The fraction of sp³-hybridized carbons (Fsp3) is 0.600. The number of carbonyl (C=O) groups is 2.